The van der Waals surface area contributed by atoms with Crippen molar-refractivity contribution in [2.45, 2.75) is 24.2 Å². The first-order valence-electron chi connectivity index (χ1n) is 5.33. The number of carbonyl (C=O) groups is 1. The highest BCUT2D eigenvalue weighted by Gasteiger charge is 2.42. The molecule has 16 heavy (non-hydrogen) atoms. The highest BCUT2D eigenvalue weighted by atomic mass is 32.2. The Hall–Kier alpha value is -1.27. The monoisotopic (exact) mass is 231 g/mol. The molecular weight excluding hydrogens is 218 g/mol. The Morgan fingerprint density at radius 2 is 2.06 bits per heavy atom. The molecule has 1 saturated carbocycles. The zero-order valence-corrected chi connectivity index (χ0v) is 9.80. The second-order valence-electron chi connectivity index (χ2n) is 4.31. The van der Waals surface area contributed by atoms with Crippen molar-refractivity contribution in [2.75, 3.05) is 5.75 Å². The van der Waals surface area contributed by atoms with Gasteiger partial charge in [0.2, 0.25) is 0 Å². The summed E-state index contributed by atoms with van der Waals surface area (Å²) in [6.07, 6.45) is 3.89. The first-order valence-corrected chi connectivity index (χ1v) is 6.32. The normalized spacial score (nSPS) is 16.4. The minimum atomic E-state index is 0.281. The van der Waals surface area contributed by atoms with Crippen LogP contribution in [0.2, 0.25) is 0 Å². The molecule has 1 aliphatic rings. The third-order valence-corrected chi connectivity index (χ3v) is 4.33. The van der Waals surface area contributed by atoms with Gasteiger partial charge in [0.05, 0.1) is 6.07 Å². The lowest BCUT2D eigenvalue weighted by atomic mass is 10.1. The van der Waals surface area contributed by atoms with Crippen LogP contribution < -0.4 is 0 Å². The molecule has 0 amide bonds. The number of hydrogen-bond donors (Lipinski definition) is 0. The number of hydrogen-bond acceptors (Lipinski definition) is 3. The molecule has 0 radical (unpaired) electrons. The Morgan fingerprint density at radius 1 is 1.38 bits per heavy atom. The summed E-state index contributed by atoms with van der Waals surface area (Å²) in [5, 5.41) is 8.71. The van der Waals surface area contributed by atoms with Crippen molar-refractivity contribution in [1.29, 1.82) is 5.26 Å². The SMILES string of the molecule is N#CCC1(CSc2ccc(C=O)cc2)CC1. The Labute approximate surface area is 99.7 Å². The molecule has 0 aliphatic heterocycles. The van der Waals surface area contributed by atoms with E-state index in [2.05, 4.69) is 6.07 Å². The van der Waals surface area contributed by atoms with E-state index in [9.17, 15) is 4.79 Å². The fourth-order valence-electron chi connectivity index (χ4n) is 1.60. The van der Waals surface area contributed by atoms with E-state index in [1.807, 2.05) is 24.3 Å². The minimum Gasteiger partial charge on any atom is -0.298 e. The number of rotatable bonds is 5. The predicted octanol–water partition coefficient (Wildman–Crippen LogP) is 3.29. The number of nitriles is 1. The van der Waals surface area contributed by atoms with Gasteiger partial charge >= 0.3 is 0 Å². The van der Waals surface area contributed by atoms with Gasteiger partial charge in [0.1, 0.15) is 6.29 Å². The van der Waals surface area contributed by atoms with Gasteiger partial charge in [0.15, 0.2) is 0 Å². The molecule has 0 aromatic heterocycles. The topological polar surface area (TPSA) is 40.9 Å². The van der Waals surface area contributed by atoms with E-state index >= 15 is 0 Å². The largest absolute Gasteiger partial charge is 0.298 e. The second kappa shape index (κ2) is 4.71. The molecule has 0 atom stereocenters. The fraction of sp³-hybridized carbons (Fsp3) is 0.385. The van der Waals surface area contributed by atoms with Crippen molar-refractivity contribution in [2.24, 2.45) is 5.41 Å². The van der Waals surface area contributed by atoms with E-state index in [4.69, 9.17) is 5.26 Å². The summed E-state index contributed by atoms with van der Waals surface area (Å²) in [6.45, 7) is 0. The standard InChI is InChI=1S/C13H13NOS/c14-8-7-13(5-6-13)10-16-12-3-1-11(9-15)2-4-12/h1-4,9H,5-7,10H2. The molecule has 3 heteroatoms. The van der Waals surface area contributed by atoms with E-state index in [0.29, 0.717) is 12.0 Å². The van der Waals surface area contributed by atoms with E-state index in [1.54, 1.807) is 11.8 Å². The highest BCUT2D eigenvalue weighted by molar-refractivity contribution is 7.99. The number of nitrogens with zero attached hydrogens (tertiary/aromatic N) is 1. The van der Waals surface area contributed by atoms with Gasteiger partial charge in [-0.1, -0.05) is 12.1 Å². The Balaban J connectivity index is 1.90. The lowest BCUT2D eigenvalue weighted by Gasteiger charge is -2.09. The highest BCUT2D eigenvalue weighted by Crippen LogP contribution is 2.51. The molecule has 1 aliphatic carbocycles. The van der Waals surface area contributed by atoms with Crippen LogP contribution in [-0.2, 0) is 0 Å². The molecule has 1 fully saturated rings. The quantitative estimate of drug-likeness (QED) is 0.576. The first kappa shape index (κ1) is 11.2. The van der Waals surface area contributed by atoms with Crippen LogP contribution >= 0.6 is 11.8 Å². The first-order chi connectivity index (χ1) is 7.78. The van der Waals surface area contributed by atoms with Crippen molar-refractivity contribution in [3.8, 4) is 6.07 Å². The van der Waals surface area contributed by atoms with E-state index in [0.717, 1.165) is 12.0 Å². The van der Waals surface area contributed by atoms with Crippen LogP contribution in [0.1, 0.15) is 29.6 Å². The Kier molecular flexibility index (Phi) is 3.31. The van der Waals surface area contributed by atoms with Crippen molar-refractivity contribution in [3.05, 3.63) is 29.8 Å². The summed E-state index contributed by atoms with van der Waals surface area (Å²) >= 11 is 1.78. The van der Waals surface area contributed by atoms with Crippen molar-refractivity contribution in [3.63, 3.8) is 0 Å². The molecule has 0 spiro atoms. The van der Waals surface area contributed by atoms with Crippen LogP contribution in [0.4, 0.5) is 0 Å². The number of aldehydes is 1. The second-order valence-corrected chi connectivity index (χ2v) is 5.36. The molecule has 0 heterocycles. The molecule has 2 nitrogen and oxygen atoms in total. The zero-order chi connectivity index (χ0) is 11.4. The van der Waals surface area contributed by atoms with E-state index in [1.165, 1.54) is 17.7 Å². The van der Waals surface area contributed by atoms with Crippen LogP contribution in [0.25, 0.3) is 0 Å². The van der Waals surface area contributed by atoms with Crippen molar-refractivity contribution in [1.82, 2.24) is 0 Å². The van der Waals surface area contributed by atoms with Crippen LogP contribution in [0, 0.1) is 16.7 Å². The van der Waals surface area contributed by atoms with Gasteiger partial charge in [0.25, 0.3) is 0 Å². The molecule has 1 aromatic carbocycles. The lowest BCUT2D eigenvalue weighted by molar-refractivity contribution is 0.112. The maximum atomic E-state index is 10.5. The van der Waals surface area contributed by atoms with Gasteiger partial charge in [-0.3, -0.25) is 4.79 Å². The lowest BCUT2D eigenvalue weighted by Crippen LogP contribution is -2.02. The number of carbonyl (C=O) groups excluding carboxylic acids is 1. The molecule has 2 rings (SSSR count). The van der Waals surface area contributed by atoms with Crippen LogP contribution in [0.15, 0.2) is 29.2 Å². The molecular formula is C13H13NOS. The summed E-state index contributed by atoms with van der Waals surface area (Å²) < 4.78 is 0. The average Bonchev–Trinajstić information content (AvgIpc) is 3.08. The molecule has 0 N–H and O–H groups in total. The number of thioether (sulfide) groups is 1. The summed E-state index contributed by atoms with van der Waals surface area (Å²) in [5.41, 5.74) is 0.991. The van der Waals surface area contributed by atoms with Gasteiger partial charge < -0.3 is 0 Å². The van der Waals surface area contributed by atoms with Crippen LogP contribution in [0.5, 0.6) is 0 Å². The Bertz CT molecular complexity index is 415. The zero-order valence-electron chi connectivity index (χ0n) is 8.98. The summed E-state index contributed by atoms with van der Waals surface area (Å²) in [7, 11) is 0. The molecule has 0 bridgehead atoms. The summed E-state index contributed by atoms with van der Waals surface area (Å²) in [4.78, 5) is 11.7. The summed E-state index contributed by atoms with van der Waals surface area (Å²) in [6, 6.07) is 9.87. The van der Waals surface area contributed by atoms with E-state index in [-0.39, 0.29) is 5.41 Å². The molecule has 1 aromatic rings. The van der Waals surface area contributed by atoms with Gasteiger partial charge in [-0.15, -0.1) is 11.8 Å². The van der Waals surface area contributed by atoms with Crippen LogP contribution in [-0.4, -0.2) is 12.0 Å². The third kappa shape index (κ3) is 2.65. The minimum absolute atomic E-state index is 0.281. The molecule has 0 saturated heterocycles. The van der Waals surface area contributed by atoms with Crippen molar-refractivity contribution >= 4 is 18.0 Å². The smallest absolute Gasteiger partial charge is 0.150 e. The molecule has 82 valence electrons. The van der Waals surface area contributed by atoms with Crippen molar-refractivity contribution < 1.29 is 4.79 Å². The van der Waals surface area contributed by atoms with Gasteiger partial charge in [0, 0.05) is 22.6 Å². The fourth-order valence-corrected chi connectivity index (χ4v) is 2.79. The maximum Gasteiger partial charge on any atom is 0.150 e. The van der Waals surface area contributed by atoms with Gasteiger partial charge in [-0.2, -0.15) is 5.26 Å². The van der Waals surface area contributed by atoms with Gasteiger partial charge in [-0.05, 0) is 30.4 Å². The van der Waals surface area contributed by atoms with Crippen LogP contribution in [0.3, 0.4) is 0 Å². The number of benzene rings is 1. The van der Waals surface area contributed by atoms with E-state index < -0.39 is 0 Å². The molecule has 0 unspecified atom stereocenters. The summed E-state index contributed by atoms with van der Waals surface area (Å²) in [5.74, 6) is 1.01. The predicted molar refractivity (Wildman–Crippen MR) is 64.5 cm³/mol. The average molecular weight is 231 g/mol. The third-order valence-electron chi connectivity index (χ3n) is 2.97. The van der Waals surface area contributed by atoms with Gasteiger partial charge in [-0.25, -0.2) is 0 Å². The Morgan fingerprint density at radius 3 is 2.56 bits per heavy atom. The maximum absolute atomic E-state index is 10.5.